The number of thioether (sulfide) groups is 1. The minimum absolute atomic E-state index is 0.0134. The van der Waals surface area contributed by atoms with E-state index in [0.29, 0.717) is 12.2 Å². The third-order valence-corrected chi connectivity index (χ3v) is 6.39. The Morgan fingerprint density at radius 3 is 2.36 bits per heavy atom. The second kappa shape index (κ2) is 8.98. The standard InChI is InChI=1S/C18H14Br2N2OS2/c19-13-3-1-12(2-4-13)16-11-25-18(22-16)24-10-9-17(23)21-15-7-5-14(20)6-8-15/h1-8,11H,9-10H2,(H,21,23). The molecule has 1 amide bonds. The number of hydrogen-bond acceptors (Lipinski definition) is 4. The van der Waals surface area contributed by atoms with E-state index in [9.17, 15) is 4.79 Å². The SMILES string of the molecule is O=C(CCSc1nc(-c2ccc(Br)cc2)cs1)Nc1ccc(Br)cc1. The third-order valence-electron chi connectivity index (χ3n) is 3.31. The largest absolute Gasteiger partial charge is 0.326 e. The first-order valence-corrected chi connectivity index (χ1v) is 10.9. The molecule has 1 heterocycles. The number of hydrogen-bond donors (Lipinski definition) is 1. The number of carbonyl (C=O) groups excluding carboxylic acids is 1. The minimum Gasteiger partial charge on any atom is -0.326 e. The number of thiazole rings is 1. The van der Waals surface area contributed by atoms with E-state index < -0.39 is 0 Å². The van der Waals surface area contributed by atoms with E-state index >= 15 is 0 Å². The van der Waals surface area contributed by atoms with E-state index in [4.69, 9.17) is 0 Å². The van der Waals surface area contributed by atoms with Gasteiger partial charge in [0.05, 0.1) is 5.69 Å². The Labute approximate surface area is 171 Å². The fourth-order valence-corrected chi connectivity index (χ4v) is 4.44. The Balaban J connectivity index is 1.48. The summed E-state index contributed by atoms with van der Waals surface area (Å²) in [5, 5.41) is 4.95. The smallest absolute Gasteiger partial charge is 0.225 e. The summed E-state index contributed by atoms with van der Waals surface area (Å²) in [6.45, 7) is 0. The molecule has 1 aromatic heterocycles. The predicted octanol–water partition coefficient (Wildman–Crippen LogP) is 6.46. The van der Waals surface area contributed by atoms with Crippen LogP contribution in [0.2, 0.25) is 0 Å². The fourth-order valence-electron chi connectivity index (χ4n) is 2.06. The van der Waals surface area contributed by atoms with E-state index in [0.717, 1.165) is 30.2 Å². The molecule has 128 valence electrons. The number of carbonyl (C=O) groups is 1. The van der Waals surface area contributed by atoms with Gasteiger partial charge in [0.25, 0.3) is 0 Å². The van der Waals surface area contributed by atoms with Crippen LogP contribution >= 0.6 is 55.0 Å². The van der Waals surface area contributed by atoms with Crippen molar-refractivity contribution in [2.45, 2.75) is 10.8 Å². The molecule has 0 radical (unpaired) electrons. The molecular weight excluding hydrogens is 484 g/mol. The van der Waals surface area contributed by atoms with E-state index in [1.807, 2.05) is 53.9 Å². The maximum Gasteiger partial charge on any atom is 0.225 e. The highest BCUT2D eigenvalue weighted by Crippen LogP contribution is 2.29. The molecule has 25 heavy (non-hydrogen) atoms. The average molecular weight is 498 g/mol. The summed E-state index contributed by atoms with van der Waals surface area (Å²) >= 11 is 10.0. The zero-order chi connectivity index (χ0) is 17.6. The molecule has 7 heteroatoms. The first-order valence-electron chi connectivity index (χ1n) is 7.50. The Morgan fingerprint density at radius 1 is 1.04 bits per heavy atom. The first kappa shape index (κ1) is 18.6. The highest BCUT2D eigenvalue weighted by Gasteiger charge is 2.07. The van der Waals surface area contributed by atoms with E-state index in [1.54, 1.807) is 23.1 Å². The molecule has 0 aliphatic carbocycles. The second-order valence-electron chi connectivity index (χ2n) is 5.16. The summed E-state index contributed by atoms with van der Waals surface area (Å²) in [5.41, 5.74) is 2.88. The van der Waals surface area contributed by atoms with Crippen molar-refractivity contribution in [2.75, 3.05) is 11.1 Å². The van der Waals surface area contributed by atoms with Crippen molar-refractivity contribution in [3.63, 3.8) is 0 Å². The molecular formula is C18H14Br2N2OS2. The van der Waals surface area contributed by atoms with Gasteiger partial charge in [0.2, 0.25) is 5.91 Å². The molecule has 0 fully saturated rings. The van der Waals surface area contributed by atoms with Crippen LogP contribution in [0.25, 0.3) is 11.3 Å². The molecule has 0 aliphatic rings. The van der Waals surface area contributed by atoms with Crippen molar-refractivity contribution in [3.8, 4) is 11.3 Å². The average Bonchev–Trinajstić information content (AvgIpc) is 3.06. The van der Waals surface area contributed by atoms with Gasteiger partial charge in [-0.3, -0.25) is 4.79 Å². The monoisotopic (exact) mass is 496 g/mol. The Morgan fingerprint density at radius 2 is 1.68 bits per heavy atom. The number of rotatable bonds is 6. The van der Waals surface area contributed by atoms with Gasteiger partial charge in [0.1, 0.15) is 0 Å². The molecule has 1 N–H and O–H groups in total. The molecule has 0 saturated heterocycles. The molecule has 0 unspecified atom stereocenters. The molecule has 2 aromatic carbocycles. The zero-order valence-electron chi connectivity index (χ0n) is 13.0. The number of nitrogens with zero attached hydrogens (tertiary/aromatic N) is 1. The van der Waals surface area contributed by atoms with Gasteiger partial charge in [-0.25, -0.2) is 4.98 Å². The summed E-state index contributed by atoms with van der Waals surface area (Å²) < 4.78 is 3.03. The first-order chi connectivity index (χ1) is 12.1. The fraction of sp³-hybridized carbons (Fsp3) is 0.111. The maximum absolute atomic E-state index is 12.0. The van der Waals surface area contributed by atoms with E-state index in [1.165, 1.54) is 0 Å². The lowest BCUT2D eigenvalue weighted by Gasteiger charge is -2.04. The maximum atomic E-state index is 12.0. The van der Waals surface area contributed by atoms with Gasteiger partial charge >= 0.3 is 0 Å². The summed E-state index contributed by atoms with van der Waals surface area (Å²) in [7, 11) is 0. The molecule has 3 rings (SSSR count). The van der Waals surface area contributed by atoms with Crippen LogP contribution in [0.4, 0.5) is 5.69 Å². The topological polar surface area (TPSA) is 42.0 Å². The van der Waals surface area contributed by atoms with Crippen LogP contribution in [-0.2, 0) is 4.79 Å². The van der Waals surface area contributed by atoms with Gasteiger partial charge < -0.3 is 5.32 Å². The number of amides is 1. The highest BCUT2D eigenvalue weighted by molar-refractivity contribution is 9.10. The zero-order valence-corrected chi connectivity index (χ0v) is 17.8. The third kappa shape index (κ3) is 5.67. The summed E-state index contributed by atoms with van der Waals surface area (Å²) in [6.07, 6.45) is 0.452. The number of aromatic nitrogens is 1. The van der Waals surface area contributed by atoms with Gasteiger partial charge in [-0.05, 0) is 36.4 Å². The molecule has 0 atom stereocenters. The molecule has 0 bridgehead atoms. The molecule has 3 nitrogen and oxygen atoms in total. The molecule has 0 aliphatic heterocycles. The number of nitrogens with one attached hydrogen (secondary N) is 1. The van der Waals surface area contributed by atoms with Gasteiger partial charge in [-0.2, -0.15) is 0 Å². The Hall–Kier alpha value is -1.15. The second-order valence-corrected chi connectivity index (χ2v) is 9.19. The summed E-state index contributed by atoms with van der Waals surface area (Å²) in [6, 6.07) is 15.7. The number of halogens is 2. The molecule has 0 saturated carbocycles. The van der Waals surface area contributed by atoms with Crippen molar-refractivity contribution in [3.05, 3.63) is 62.9 Å². The van der Waals surface area contributed by atoms with E-state index in [-0.39, 0.29) is 5.91 Å². The van der Waals surface area contributed by atoms with Gasteiger partial charge in [0, 0.05) is 37.8 Å². The Bertz CT molecular complexity index is 848. The van der Waals surface area contributed by atoms with Crippen LogP contribution in [0, 0.1) is 0 Å². The molecule has 3 aromatic rings. The Kier molecular flexibility index (Phi) is 6.70. The van der Waals surface area contributed by atoms with Crippen LogP contribution in [0.15, 0.2) is 67.2 Å². The van der Waals surface area contributed by atoms with Crippen molar-refractivity contribution < 1.29 is 4.79 Å². The van der Waals surface area contributed by atoms with Crippen LogP contribution in [0.1, 0.15) is 6.42 Å². The highest BCUT2D eigenvalue weighted by atomic mass is 79.9. The summed E-state index contributed by atoms with van der Waals surface area (Å²) in [5.74, 6) is 0.717. The van der Waals surface area contributed by atoms with Crippen LogP contribution in [-0.4, -0.2) is 16.6 Å². The normalized spacial score (nSPS) is 10.6. The minimum atomic E-state index is 0.0134. The van der Waals surface area contributed by atoms with Crippen molar-refractivity contribution >= 4 is 66.6 Å². The van der Waals surface area contributed by atoms with Crippen molar-refractivity contribution in [1.29, 1.82) is 0 Å². The number of anilines is 1. The van der Waals surface area contributed by atoms with Crippen LogP contribution in [0.3, 0.4) is 0 Å². The van der Waals surface area contributed by atoms with Crippen LogP contribution in [0.5, 0.6) is 0 Å². The predicted molar refractivity (Wildman–Crippen MR) is 113 cm³/mol. The van der Waals surface area contributed by atoms with Gasteiger partial charge in [-0.1, -0.05) is 55.8 Å². The number of benzene rings is 2. The summed E-state index contributed by atoms with van der Waals surface area (Å²) in [4.78, 5) is 16.6. The quantitative estimate of drug-likeness (QED) is 0.397. The van der Waals surface area contributed by atoms with Gasteiger partial charge in [0.15, 0.2) is 4.34 Å². The van der Waals surface area contributed by atoms with Crippen molar-refractivity contribution in [2.24, 2.45) is 0 Å². The van der Waals surface area contributed by atoms with Crippen LogP contribution < -0.4 is 5.32 Å². The van der Waals surface area contributed by atoms with Crippen molar-refractivity contribution in [1.82, 2.24) is 4.98 Å². The molecule has 0 spiro atoms. The lowest BCUT2D eigenvalue weighted by Crippen LogP contribution is -2.11. The lowest BCUT2D eigenvalue weighted by molar-refractivity contribution is -0.115. The van der Waals surface area contributed by atoms with Gasteiger partial charge in [-0.15, -0.1) is 11.3 Å². The van der Waals surface area contributed by atoms with E-state index in [2.05, 4.69) is 42.2 Å². The lowest BCUT2D eigenvalue weighted by atomic mass is 10.2.